The van der Waals surface area contributed by atoms with Crippen LogP contribution in [0.1, 0.15) is 90.4 Å². The molecule has 0 rings (SSSR count). The molecular weight excluding hydrogens is 272 g/mol. The third-order valence-electron chi connectivity index (χ3n) is 3.99. The summed E-state index contributed by atoms with van der Waals surface area (Å²) in [6.07, 6.45) is 23.9. The second kappa shape index (κ2) is 18.4. The first-order valence-electron chi connectivity index (χ1n) is 9.40. The van der Waals surface area contributed by atoms with Crippen molar-refractivity contribution < 1.29 is 10.2 Å². The van der Waals surface area contributed by atoms with Gasteiger partial charge in [-0.05, 0) is 64.2 Å². The molecule has 0 aliphatic heterocycles. The minimum atomic E-state index is -0.117. The Kier molecular flexibility index (Phi) is 17.9. The van der Waals surface area contributed by atoms with Crippen molar-refractivity contribution in [1.29, 1.82) is 0 Å². The van der Waals surface area contributed by atoms with Crippen molar-refractivity contribution >= 4 is 0 Å². The summed E-state index contributed by atoms with van der Waals surface area (Å²) in [5, 5.41) is 18.1. The normalized spacial score (nSPS) is 13.4. The second-order valence-electron chi connectivity index (χ2n) is 6.15. The molecule has 0 aromatic heterocycles. The average Bonchev–Trinajstić information content (AvgIpc) is 2.54. The number of aliphatic hydroxyl groups is 2. The van der Waals surface area contributed by atoms with Crippen molar-refractivity contribution in [3.8, 4) is 0 Å². The minimum Gasteiger partial charge on any atom is -0.396 e. The number of rotatable bonds is 16. The fraction of sp³-hybridized carbons (Fsp3) is 0.800. The zero-order valence-corrected chi connectivity index (χ0v) is 14.7. The van der Waals surface area contributed by atoms with E-state index in [9.17, 15) is 5.11 Å². The van der Waals surface area contributed by atoms with Gasteiger partial charge in [0.1, 0.15) is 0 Å². The largest absolute Gasteiger partial charge is 0.396 e. The summed E-state index contributed by atoms with van der Waals surface area (Å²) in [6.45, 7) is 2.35. The Balaban J connectivity index is 3.15. The fourth-order valence-electron chi connectivity index (χ4n) is 2.39. The van der Waals surface area contributed by atoms with E-state index in [0.29, 0.717) is 6.61 Å². The van der Waals surface area contributed by atoms with E-state index in [-0.39, 0.29) is 6.10 Å². The lowest BCUT2D eigenvalue weighted by Crippen LogP contribution is -2.02. The molecule has 0 spiro atoms. The highest BCUT2D eigenvalue weighted by atomic mass is 16.3. The first-order chi connectivity index (χ1) is 10.8. The molecule has 0 fully saturated rings. The molecule has 0 heterocycles. The lowest BCUT2D eigenvalue weighted by atomic mass is 10.1. The summed E-state index contributed by atoms with van der Waals surface area (Å²) < 4.78 is 0. The van der Waals surface area contributed by atoms with Crippen LogP contribution >= 0.6 is 0 Å². The van der Waals surface area contributed by atoms with Gasteiger partial charge in [0.25, 0.3) is 0 Å². The van der Waals surface area contributed by atoms with Crippen molar-refractivity contribution in [3.05, 3.63) is 24.3 Å². The Labute approximate surface area is 138 Å². The van der Waals surface area contributed by atoms with Crippen LogP contribution in [0.15, 0.2) is 24.3 Å². The van der Waals surface area contributed by atoms with Crippen molar-refractivity contribution in [3.63, 3.8) is 0 Å². The lowest BCUT2D eigenvalue weighted by molar-refractivity contribution is 0.161. The molecule has 0 amide bonds. The summed E-state index contributed by atoms with van der Waals surface area (Å²) in [6, 6.07) is 0. The molecule has 0 saturated carbocycles. The van der Waals surface area contributed by atoms with Gasteiger partial charge in [0.15, 0.2) is 0 Å². The molecule has 1 atom stereocenters. The summed E-state index contributed by atoms with van der Waals surface area (Å²) in [4.78, 5) is 0. The van der Waals surface area contributed by atoms with E-state index in [4.69, 9.17) is 5.11 Å². The maximum Gasteiger partial charge on any atom is 0.0540 e. The minimum absolute atomic E-state index is 0.117. The number of aliphatic hydroxyl groups excluding tert-OH is 2. The third kappa shape index (κ3) is 17.5. The molecule has 1 unspecified atom stereocenters. The molecule has 2 nitrogen and oxygen atoms in total. The molecule has 2 heteroatoms. The number of allylic oxidation sites excluding steroid dienone is 4. The van der Waals surface area contributed by atoms with E-state index >= 15 is 0 Å². The first-order valence-corrected chi connectivity index (χ1v) is 9.40. The molecule has 0 aliphatic rings. The van der Waals surface area contributed by atoms with E-state index in [2.05, 4.69) is 24.3 Å². The fourth-order valence-corrected chi connectivity index (χ4v) is 2.39. The number of unbranched alkanes of at least 4 members (excludes halogenated alkanes) is 8. The topological polar surface area (TPSA) is 40.5 Å². The van der Waals surface area contributed by atoms with Crippen molar-refractivity contribution in [2.24, 2.45) is 0 Å². The van der Waals surface area contributed by atoms with Crippen LogP contribution in [0.25, 0.3) is 0 Å². The second-order valence-corrected chi connectivity index (χ2v) is 6.15. The van der Waals surface area contributed by atoms with E-state index in [0.717, 1.165) is 38.5 Å². The van der Waals surface area contributed by atoms with Gasteiger partial charge in [-0.1, -0.05) is 50.5 Å². The van der Waals surface area contributed by atoms with Crippen LogP contribution in [0.2, 0.25) is 0 Å². The average molecular weight is 311 g/mol. The van der Waals surface area contributed by atoms with Gasteiger partial charge in [0.2, 0.25) is 0 Å². The summed E-state index contributed by atoms with van der Waals surface area (Å²) >= 11 is 0. The van der Waals surface area contributed by atoms with Crippen LogP contribution in [-0.4, -0.2) is 22.9 Å². The molecule has 0 radical (unpaired) electrons. The highest BCUT2D eigenvalue weighted by molar-refractivity contribution is 4.82. The molecule has 0 bridgehead atoms. The van der Waals surface area contributed by atoms with Crippen LogP contribution in [0.4, 0.5) is 0 Å². The molecule has 0 aromatic rings. The standard InChI is InChI=1S/C20H38O2/c1-2-20(22)18-16-14-12-10-8-6-4-3-5-7-9-11-13-15-17-19-21/h9,11-12,14,20-22H,2-8,10,13,15-19H2,1H3/b11-9-,14-12-. The van der Waals surface area contributed by atoms with Crippen molar-refractivity contribution in [1.82, 2.24) is 0 Å². The van der Waals surface area contributed by atoms with E-state index in [1.165, 1.54) is 44.9 Å². The Bertz CT molecular complexity index is 258. The molecule has 0 aromatic carbocycles. The Morgan fingerprint density at radius 2 is 1.14 bits per heavy atom. The van der Waals surface area contributed by atoms with Crippen molar-refractivity contribution in [2.45, 2.75) is 96.5 Å². The Morgan fingerprint density at radius 3 is 1.64 bits per heavy atom. The molecule has 0 saturated heterocycles. The highest BCUT2D eigenvalue weighted by Crippen LogP contribution is 2.09. The SMILES string of the molecule is CCC(O)CC/C=C\CCCCCCC/C=C\CCCCO. The van der Waals surface area contributed by atoms with Gasteiger partial charge >= 0.3 is 0 Å². The van der Waals surface area contributed by atoms with Gasteiger partial charge in [0, 0.05) is 6.61 Å². The summed E-state index contributed by atoms with van der Waals surface area (Å²) in [5.41, 5.74) is 0. The maximum atomic E-state index is 9.42. The van der Waals surface area contributed by atoms with E-state index < -0.39 is 0 Å². The van der Waals surface area contributed by atoms with Gasteiger partial charge < -0.3 is 10.2 Å². The lowest BCUT2D eigenvalue weighted by Gasteiger charge is -2.03. The van der Waals surface area contributed by atoms with E-state index in [1.807, 2.05) is 6.92 Å². The smallest absolute Gasteiger partial charge is 0.0540 e. The zero-order chi connectivity index (χ0) is 16.3. The molecular formula is C20H38O2. The molecule has 0 aliphatic carbocycles. The van der Waals surface area contributed by atoms with Crippen LogP contribution < -0.4 is 0 Å². The van der Waals surface area contributed by atoms with Crippen molar-refractivity contribution in [2.75, 3.05) is 6.61 Å². The Hall–Kier alpha value is -0.600. The molecule has 130 valence electrons. The summed E-state index contributed by atoms with van der Waals surface area (Å²) in [7, 11) is 0. The van der Waals surface area contributed by atoms with Gasteiger partial charge in [-0.15, -0.1) is 0 Å². The Morgan fingerprint density at radius 1 is 0.682 bits per heavy atom. The highest BCUT2D eigenvalue weighted by Gasteiger charge is 1.96. The van der Waals surface area contributed by atoms with Gasteiger partial charge in [-0.3, -0.25) is 0 Å². The molecule has 2 N–H and O–H groups in total. The number of hydrogen-bond donors (Lipinski definition) is 2. The van der Waals surface area contributed by atoms with Crippen LogP contribution in [-0.2, 0) is 0 Å². The van der Waals surface area contributed by atoms with Gasteiger partial charge in [0.05, 0.1) is 6.10 Å². The van der Waals surface area contributed by atoms with E-state index in [1.54, 1.807) is 0 Å². The zero-order valence-electron chi connectivity index (χ0n) is 14.7. The quantitative estimate of drug-likeness (QED) is 0.290. The van der Waals surface area contributed by atoms with Crippen LogP contribution in [0.3, 0.4) is 0 Å². The van der Waals surface area contributed by atoms with Gasteiger partial charge in [-0.2, -0.15) is 0 Å². The maximum absolute atomic E-state index is 9.42. The predicted octanol–water partition coefficient (Wildman–Crippen LogP) is 5.54. The van der Waals surface area contributed by atoms with Crippen LogP contribution in [0, 0.1) is 0 Å². The third-order valence-corrected chi connectivity index (χ3v) is 3.99. The molecule has 22 heavy (non-hydrogen) atoms. The first kappa shape index (κ1) is 21.4. The number of hydrogen-bond acceptors (Lipinski definition) is 2. The monoisotopic (exact) mass is 310 g/mol. The van der Waals surface area contributed by atoms with Crippen LogP contribution in [0.5, 0.6) is 0 Å². The summed E-state index contributed by atoms with van der Waals surface area (Å²) in [5.74, 6) is 0. The predicted molar refractivity (Wildman–Crippen MR) is 97.1 cm³/mol. The van der Waals surface area contributed by atoms with Gasteiger partial charge in [-0.25, -0.2) is 0 Å².